The Morgan fingerprint density at radius 1 is 1.12 bits per heavy atom. The SMILES string of the molecule is CS(=O)(=O)OCCC1CCC(CCNc2ccnc3cc(-c4cncc5ccccc45)nn23)C1. The smallest absolute Gasteiger partial charge is 0.264 e. The van der Waals surface area contributed by atoms with Gasteiger partial charge in [0.25, 0.3) is 10.1 Å². The lowest BCUT2D eigenvalue weighted by molar-refractivity contribution is 0.282. The van der Waals surface area contributed by atoms with Crippen molar-refractivity contribution in [1.29, 1.82) is 0 Å². The predicted octanol–water partition coefficient (Wildman–Crippen LogP) is 4.53. The molecule has 4 aromatic rings. The van der Waals surface area contributed by atoms with Gasteiger partial charge in [-0.25, -0.2) is 4.98 Å². The van der Waals surface area contributed by atoms with E-state index in [9.17, 15) is 8.42 Å². The van der Waals surface area contributed by atoms with Gasteiger partial charge < -0.3 is 5.32 Å². The first kappa shape index (κ1) is 22.7. The molecule has 1 saturated carbocycles. The number of aromatic nitrogens is 4. The van der Waals surface area contributed by atoms with Crippen LogP contribution in [0, 0.1) is 11.8 Å². The summed E-state index contributed by atoms with van der Waals surface area (Å²) in [6, 6.07) is 12.1. The van der Waals surface area contributed by atoms with Crippen molar-refractivity contribution in [3.8, 4) is 11.3 Å². The highest BCUT2D eigenvalue weighted by Gasteiger charge is 2.24. The molecular weight excluding hydrogens is 450 g/mol. The van der Waals surface area contributed by atoms with Crippen molar-refractivity contribution in [1.82, 2.24) is 19.6 Å². The van der Waals surface area contributed by atoms with Crippen molar-refractivity contribution in [2.24, 2.45) is 11.8 Å². The van der Waals surface area contributed by atoms with Gasteiger partial charge in [0.2, 0.25) is 0 Å². The van der Waals surface area contributed by atoms with Crippen molar-refractivity contribution < 1.29 is 12.6 Å². The monoisotopic (exact) mass is 479 g/mol. The van der Waals surface area contributed by atoms with Gasteiger partial charge in [0.05, 0.1) is 18.6 Å². The molecule has 5 rings (SSSR count). The average molecular weight is 480 g/mol. The molecule has 2 atom stereocenters. The van der Waals surface area contributed by atoms with Crippen LogP contribution in [-0.4, -0.2) is 47.4 Å². The third kappa shape index (κ3) is 5.20. The third-order valence-electron chi connectivity index (χ3n) is 6.63. The fourth-order valence-corrected chi connectivity index (χ4v) is 5.35. The molecule has 178 valence electrons. The number of fused-ring (bicyclic) bond motifs is 2. The predicted molar refractivity (Wildman–Crippen MR) is 133 cm³/mol. The lowest BCUT2D eigenvalue weighted by Gasteiger charge is -2.13. The van der Waals surface area contributed by atoms with E-state index in [0.717, 1.165) is 72.0 Å². The van der Waals surface area contributed by atoms with Crippen molar-refractivity contribution in [2.75, 3.05) is 24.7 Å². The molecule has 0 spiro atoms. The van der Waals surface area contributed by atoms with Crippen LogP contribution in [0.3, 0.4) is 0 Å². The van der Waals surface area contributed by atoms with Gasteiger partial charge in [-0.05, 0) is 42.6 Å². The number of pyridine rings is 1. The highest BCUT2D eigenvalue weighted by molar-refractivity contribution is 7.85. The Morgan fingerprint density at radius 3 is 2.79 bits per heavy atom. The van der Waals surface area contributed by atoms with Gasteiger partial charge in [-0.2, -0.15) is 18.0 Å². The highest BCUT2D eigenvalue weighted by Crippen LogP contribution is 2.35. The molecule has 0 amide bonds. The van der Waals surface area contributed by atoms with Gasteiger partial charge in [-0.15, -0.1) is 0 Å². The molecule has 2 unspecified atom stereocenters. The highest BCUT2D eigenvalue weighted by atomic mass is 32.2. The molecule has 0 saturated heterocycles. The van der Waals surface area contributed by atoms with Crippen LogP contribution in [0.4, 0.5) is 5.82 Å². The van der Waals surface area contributed by atoms with Crippen LogP contribution in [0.1, 0.15) is 32.1 Å². The topological polar surface area (TPSA) is 98.5 Å². The molecule has 8 nitrogen and oxygen atoms in total. The summed E-state index contributed by atoms with van der Waals surface area (Å²) in [5.41, 5.74) is 2.63. The van der Waals surface area contributed by atoms with E-state index in [1.54, 1.807) is 6.20 Å². The zero-order valence-electron chi connectivity index (χ0n) is 19.2. The minimum atomic E-state index is -3.35. The maximum Gasteiger partial charge on any atom is 0.264 e. The lowest BCUT2D eigenvalue weighted by atomic mass is 10.00. The Labute approximate surface area is 199 Å². The summed E-state index contributed by atoms with van der Waals surface area (Å²) in [6.07, 6.45) is 11.9. The van der Waals surface area contributed by atoms with E-state index in [-0.39, 0.29) is 6.61 Å². The summed E-state index contributed by atoms with van der Waals surface area (Å²) >= 11 is 0. The maximum absolute atomic E-state index is 11.1. The largest absolute Gasteiger partial charge is 0.370 e. The van der Waals surface area contributed by atoms with E-state index in [2.05, 4.69) is 27.4 Å². The molecule has 34 heavy (non-hydrogen) atoms. The van der Waals surface area contributed by atoms with Crippen molar-refractivity contribution in [3.63, 3.8) is 0 Å². The Morgan fingerprint density at radius 2 is 1.94 bits per heavy atom. The molecule has 9 heteroatoms. The molecule has 3 aromatic heterocycles. The molecular formula is C25H29N5O3S. The Balaban J connectivity index is 1.22. The molecule has 1 N–H and O–H groups in total. The van der Waals surface area contributed by atoms with Crippen LogP contribution >= 0.6 is 0 Å². The standard InChI is InChI=1S/C25H29N5O3S/c1-34(31,32)33-13-10-19-7-6-18(14-19)8-11-27-24-9-12-28-25-15-23(29-30(24)25)22-17-26-16-20-4-2-3-5-21(20)22/h2-5,9,12,15-19,27H,6-8,10-11,13-14H2,1H3. The number of hydrogen-bond acceptors (Lipinski definition) is 7. The second kappa shape index (κ2) is 9.68. The summed E-state index contributed by atoms with van der Waals surface area (Å²) < 4.78 is 29.0. The van der Waals surface area contributed by atoms with E-state index in [1.807, 2.05) is 41.2 Å². The van der Waals surface area contributed by atoms with E-state index in [0.29, 0.717) is 11.8 Å². The fourth-order valence-electron chi connectivity index (χ4n) is 4.95. The summed E-state index contributed by atoms with van der Waals surface area (Å²) in [4.78, 5) is 8.88. The van der Waals surface area contributed by atoms with E-state index < -0.39 is 10.1 Å². The van der Waals surface area contributed by atoms with Gasteiger partial charge in [0, 0.05) is 42.2 Å². The van der Waals surface area contributed by atoms with Gasteiger partial charge in [-0.1, -0.05) is 37.1 Å². The minimum Gasteiger partial charge on any atom is -0.370 e. The molecule has 1 aromatic carbocycles. The number of anilines is 1. The molecule has 1 aliphatic rings. The second-order valence-electron chi connectivity index (χ2n) is 9.11. The molecule has 0 aliphatic heterocycles. The van der Waals surface area contributed by atoms with Gasteiger partial charge in [-0.3, -0.25) is 9.17 Å². The van der Waals surface area contributed by atoms with Gasteiger partial charge in [0.1, 0.15) is 5.82 Å². The van der Waals surface area contributed by atoms with E-state index in [4.69, 9.17) is 9.28 Å². The Hall–Kier alpha value is -3.04. The summed E-state index contributed by atoms with van der Waals surface area (Å²) in [5.74, 6) is 2.10. The number of hydrogen-bond donors (Lipinski definition) is 1. The van der Waals surface area contributed by atoms with Crippen LogP contribution in [0.2, 0.25) is 0 Å². The molecule has 0 radical (unpaired) electrons. The second-order valence-corrected chi connectivity index (χ2v) is 10.8. The molecule has 1 aliphatic carbocycles. The van der Waals surface area contributed by atoms with Gasteiger partial charge in [0.15, 0.2) is 5.65 Å². The number of benzene rings is 1. The molecule has 1 fully saturated rings. The quantitative estimate of drug-likeness (QED) is 0.352. The van der Waals surface area contributed by atoms with Crippen molar-refractivity contribution in [3.05, 3.63) is 55.0 Å². The van der Waals surface area contributed by atoms with Crippen LogP contribution in [0.15, 0.2) is 55.0 Å². The van der Waals surface area contributed by atoms with Crippen LogP contribution in [0.5, 0.6) is 0 Å². The van der Waals surface area contributed by atoms with Crippen LogP contribution < -0.4 is 5.32 Å². The number of nitrogens with one attached hydrogen (secondary N) is 1. The molecule has 3 heterocycles. The summed E-state index contributed by atoms with van der Waals surface area (Å²) in [6.45, 7) is 1.14. The number of nitrogens with zero attached hydrogens (tertiary/aromatic N) is 4. The maximum atomic E-state index is 11.1. The van der Waals surface area contributed by atoms with Crippen LogP contribution in [0.25, 0.3) is 27.7 Å². The Bertz CT molecular complexity index is 1400. The fraction of sp³-hybridized carbons (Fsp3) is 0.400. The first-order valence-electron chi connectivity index (χ1n) is 11.7. The number of rotatable bonds is 9. The first-order chi connectivity index (χ1) is 16.5. The van der Waals surface area contributed by atoms with E-state index >= 15 is 0 Å². The van der Waals surface area contributed by atoms with Crippen LogP contribution in [-0.2, 0) is 14.3 Å². The minimum absolute atomic E-state index is 0.289. The van der Waals surface area contributed by atoms with Gasteiger partial charge >= 0.3 is 0 Å². The van der Waals surface area contributed by atoms with E-state index in [1.165, 1.54) is 6.42 Å². The summed E-state index contributed by atoms with van der Waals surface area (Å²) in [5, 5.41) is 10.6. The normalized spacial score (nSPS) is 18.6. The Kier molecular flexibility index (Phi) is 6.47. The average Bonchev–Trinajstić information content (AvgIpc) is 3.45. The first-order valence-corrected chi connectivity index (χ1v) is 13.5. The van der Waals surface area contributed by atoms with Crippen molar-refractivity contribution in [2.45, 2.75) is 32.1 Å². The zero-order valence-corrected chi connectivity index (χ0v) is 20.0. The summed E-state index contributed by atoms with van der Waals surface area (Å²) in [7, 11) is -3.35. The lowest BCUT2D eigenvalue weighted by Crippen LogP contribution is -2.11. The third-order valence-corrected chi connectivity index (χ3v) is 7.23. The van der Waals surface area contributed by atoms with Crippen molar-refractivity contribution >= 4 is 32.4 Å². The molecule has 0 bridgehead atoms. The zero-order chi connectivity index (χ0) is 23.5.